The Kier molecular flexibility index (Phi) is 36.8. The first-order chi connectivity index (χ1) is 52.1. The molecule has 35 nitrogen and oxygen atoms in total. The molecule has 0 bridgehead atoms. The number of carbonyl (C=O) groups excluding carboxylic acids is 6. The van der Waals surface area contributed by atoms with Crippen molar-refractivity contribution in [3.05, 3.63) is 64.4 Å². The van der Waals surface area contributed by atoms with Gasteiger partial charge in [0, 0.05) is 90.9 Å². The van der Waals surface area contributed by atoms with Crippen molar-refractivity contribution in [2.75, 3.05) is 74.3 Å². The second kappa shape index (κ2) is 44.0. The first kappa shape index (κ1) is 92.0. The van der Waals surface area contributed by atoms with Crippen molar-refractivity contribution in [1.82, 2.24) is 55.9 Å². The van der Waals surface area contributed by atoms with Gasteiger partial charge in [-0.3, -0.25) is 33.7 Å². The van der Waals surface area contributed by atoms with E-state index in [1.165, 1.54) is 48.2 Å². The van der Waals surface area contributed by atoms with Gasteiger partial charge >= 0.3 is 5.97 Å². The maximum Gasteiger partial charge on any atom is 0.364 e. The van der Waals surface area contributed by atoms with Crippen molar-refractivity contribution < 1.29 is 113 Å². The molecule has 3 saturated heterocycles. The number of aromatic nitrogens is 4. The minimum atomic E-state index is -2.62. The van der Waals surface area contributed by atoms with Crippen LogP contribution < -0.4 is 21.3 Å². The molecule has 2 aromatic heterocycles. The van der Waals surface area contributed by atoms with E-state index in [1.807, 2.05) is 63.4 Å². The van der Waals surface area contributed by atoms with Crippen molar-refractivity contribution in [3.63, 3.8) is 0 Å². The summed E-state index contributed by atoms with van der Waals surface area (Å²) in [6, 6.07) is 6.30. The molecule has 3 aromatic rings. The number of likely N-dealkylation sites (N-methyl/N-ethyl adjacent to an activating group) is 2. The highest BCUT2D eigenvalue weighted by molar-refractivity contribution is 7.09. The molecule has 6 amide bonds. The fourth-order valence-corrected chi connectivity index (χ4v) is 14.9. The van der Waals surface area contributed by atoms with Gasteiger partial charge in [0.1, 0.15) is 59.9 Å². The zero-order valence-electron chi connectivity index (χ0n) is 65.6. The standard InChI is InChI=1S/C74H120N12O23S/c1-15-43(8)61(54(103-13)31-58(92)86-27-19-22-50(86)67(104-14)44(9)68(98)79-49(70-76-26-29-110-70)30-46-20-17-16-18-21-46)84(12)71(100)59(41(4)5)80-69(99)60(42(6)7)83(11)36-52(89)62(93)63(94)53(90)37-85-35-47(81-82-85)23-25-75-57(91)39-107-78-34-55-48(33-77-45(10)87)51(88)32-74(109-55,73(101)102)106-38-56-64(95)65(96)66(97)72(108-56)105-28-24-40(2)3/h16-18,20-21,26,29,34-35,40-44,48-56,59-67,72,88-90,93-97H,15,19,22-25,27-28,30-33,36-39H2,1-14H3,(H,75,91)(H,77,87)(H,79,98)(H,80,99)(H,101,102). The summed E-state index contributed by atoms with van der Waals surface area (Å²) in [6.07, 6.45) is -13.3. The summed E-state index contributed by atoms with van der Waals surface area (Å²) in [6.45, 7) is 16.1. The zero-order valence-corrected chi connectivity index (χ0v) is 66.4. The molecule has 3 fully saturated rings. The molecule has 620 valence electrons. The highest BCUT2D eigenvalue weighted by Crippen LogP contribution is 2.37. The molecule has 3 aliphatic heterocycles. The van der Waals surface area contributed by atoms with Crippen molar-refractivity contribution in [3.8, 4) is 0 Å². The van der Waals surface area contributed by atoms with Crippen LogP contribution in [0.25, 0.3) is 0 Å². The molecule has 6 rings (SSSR count). The van der Waals surface area contributed by atoms with E-state index in [0.717, 1.165) is 16.8 Å². The van der Waals surface area contributed by atoms with Gasteiger partial charge in [-0.2, -0.15) is 0 Å². The Balaban J connectivity index is 0.984. The fourth-order valence-electron chi connectivity index (χ4n) is 14.2. The maximum atomic E-state index is 14.9. The largest absolute Gasteiger partial charge is 0.477 e. The number of hydrogen-bond acceptors (Lipinski definition) is 28. The Hall–Kier alpha value is -6.85. The topological polar surface area (TPSA) is 480 Å². The number of nitrogens with zero attached hydrogens (tertiary/aromatic N) is 8. The quantitative estimate of drug-likeness (QED) is 0.0251. The second-order valence-electron chi connectivity index (χ2n) is 30.1. The number of carboxylic acid groups (broad SMARTS) is 1. The summed E-state index contributed by atoms with van der Waals surface area (Å²) >= 11 is 1.46. The average molecular weight is 1580 g/mol. The van der Waals surface area contributed by atoms with Crippen LogP contribution in [0.3, 0.4) is 0 Å². The predicted octanol–water partition coefficient (Wildman–Crippen LogP) is -0.473. The Morgan fingerprint density at radius 3 is 2.20 bits per heavy atom. The third-order valence-corrected chi connectivity index (χ3v) is 21.6. The van der Waals surface area contributed by atoms with Crippen LogP contribution in [0.4, 0.5) is 0 Å². The SMILES string of the molecule is CCC(C)C(C(CC(=O)N1CCCC1C(OC)C(C)C(=O)NC(Cc1ccccc1)c1nccs1)OC)N(C)C(=O)C(NC(=O)C(C(C)C)N(C)CC(O)C(O)C(O)C(O)Cn1cc(CCNC(=O)CON=CC2OC(OCC3OC(OCCC(C)C)C(O)C(O)C3O)(C(=O)O)CC(O)C2CNC(C)=O)nn1)C(C)C. The maximum absolute atomic E-state index is 14.9. The summed E-state index contributed by atoms with van der Waals surface area (Å²) in [4.78, 5) is 110. The summed E-state index contributed by atoms with van der Waals surface area (Å²) in [7, 11) is 6.21. The minimum Gasteiger partial charge on any atom is -0.477 e. The Bertz CT molecular complexity index is 3360. The van der Waals surface area contributed by atoms with E-state index < -0.39 is 189 Å². The van der Waals surface area contributed by atoms with Crippen molar-refractivity contribution in [1.29, 1.82) is 0 Å². The van der Waals surface area contributed by atoms with Crippen molar-refractivity contribution in [2.45, 2.75) is 243 Å². The molecule has 1 aromatic carbocycles. The highest BCUT2D eigenvalue weighted by Gasteiger charge is 2.55. The van der Waals surface area contributed by atoms with Crippen LogP contribution in [0, 0.1) is 35.5 Å². The molecule has 0 radical (unpaired) electrons. The van der Waals surface area contributed by atoms with E-state index in [9.17, 15) is 79.5 Å². The van der Waals surface area contributed by atoms with Crippen LogP contribution in [-0.4, -0.2) is 312 Å². The average Bonchev–Trinajstić information content (AvgIpc) is 1.09. The van der Waals surface area contributed by atoms with E-state index >= 15 is 0 Å². The molecule has 13 N–H and O–H groups in total. The molecule has 22 atom stereocenters. The molecule has 110 heavy (non-hydrogen) atoms. The van der Waals surface area contributed by atoms with Crippen LogP contribution in [0.2, 0.25) is 0 Å². The number of thiazole rings is 1. The number of likely N-dealkylation sites (tertiary alicyclic amines) is 1. The van der Waals surface area contributed by atoms with E-state index in [2.05, 4.69) is 41.7 Å². The van der Waals surface area contributed by atoms with Gasteiger partial charge in [-0.1, -0.05) is 109 Å². The van der Waals surface area contributed by atoms with Gasteiger partial charge in [-0.15, -0.1) is 16.4 Å². The van der Waals surface area contributed by atoms with Crippen LogP contribution in [-0.2, 0) is 86.2 Å². The molecule has 36 heteroatoms. The van der Waals surface area contributed by atoms with Crippen LogP contribution in [0.15, 0.2) is 53.3 Å². The number of ether oxygens (including phenoxy) is 6. The molecule has 0 spiro atoms. The third kappa shape index (κ3) is 25.6. The van der Waals surface area contributed by atoms with Gasteiger partial charge in [0.2, 0.25) is 29.5 Å². The van der Waals surface area contributed by atoms with E-state index in [1.54, 1.807) is 64.8 Å². The Morgan fingerprint density at radius 2 is 1.58 bits per heavy atom. The molecule has 0 aliphatic carbocycles. The normalized spacial score (nSPS) is 25.1. The van der Waals surface area contributed by atoms with Crippen LogP contribution in [0.1, 0.15) is 130 Å². The smallest absolute Gasteiger partial charge is 0.364 e. The summed E-state index contributed by atoms with van der Waals surface area (Å²) in [5.74, 6) is -9.45. The molecule has 22 unspecified atom stereocenters. The first-order valence-electron chi connectivity index (χ1n) is 37.8. The number of benzene rings is 1. The molecule has 5 heterocycles. The molecule has 0 saturated carbocycles. The Morgan fingerprint density at radius 1 is 0.882 bits per heavy atom. The van der Waals surface area contributed by atoms with Crippen LogP contribution in [0.5, 0.6) is 0 Å². The number of oxime groups is 1. The van der Waals surface area contributed by atoms with Gasteiger partial charge in [0.25, 0.3) is 11.7 Å². The number of methoxy groups -OCH3 is 2. The number of aliphatic carboxylic acids is 1. The number of aliphatic hydroxyl groups is 8. The van der Waals surface area contributed by atoms with Gasteiger partial charge in [-0.05, 0) is 62.0 Å². The first-order valence-corrected chi connectivity index (χ1v) is 38.6. The number of rotatable bonds is 45. The van der Waals surface area contributed by atoms with Crippen molar-refractivity contribution >= 4 is 59.0 Å². The lowest BCUT2D eigenvalue weighted by atomic mass is 9.87. The second-order valence-corrected chi connectivity index (χ2v) is 31.1. The van der Waals surface area contributed by atoms with Gasteiger partial charge in [0.15, 0.2) is 12.9 Å². The minimum absolute atomic E-state index is 0.0172. The van der Waals surface area contributed by atoms with E-state index in [4.69, 9.17) is 33.3 Å². The van der Waals surface area contributed by atoms with Crippen molar-refractivity contribution in [2.24, 2.45) is 40.7 Å². The number of hydrogen-bond donors (Lipinski definition) is 13. The van der Waals surface area contributed by atoms with Gasteiger partial charge in [0.05, 0.1) is 92.6 Å². The lowest BCUT2D eigenvalue weighted by Crippen LogP contribution is -2.62. The highest BCUT2D eigenvalue weighted by atomic mass is 32.1. The van der Waals surface area contributed by atoms with Gasteiger partial charge in [-0.25, -0.2) is 14.5 Å². The lowest BCUT2D eigenvalue weighted by molar-refractivity contribution is -0.330. The number of carboxylic acids is 1. The van der Waals surface area contributed by atoms with E-state index in [0.29, 0.717) is 44.3 Å². The monoisotopic (exact) mass is 1580 g/mol. The van der Waals surface area contributed by atoms with E-state index in [-0.39, 0.29) is 68.8 Å². The number of amides is 6. The zero-order chi connectivity index (χ0) is 81.4. The summed E-state index contributed by atoms with van der Waals surface area (Å²) < 4.78 is 36.3. The number of carbonyl (C=O) groups is 7. The lowest BCUT2D eigenvalue weighted by Gasteiger charge is -2.45. The summed E-state index contributed by atoms with van der Waals surface area (Å²) in [5, 5.41) is 124. The van der Waals surface area contributed by atoms with Gasteiger partial charge < -0.3 is 110 Å². The third-order valence-electron chi connectivity index (χ3n) is 20.7. The van der Waals surface area contributed by atoms with Crippen LogP contribution >= 0.6 is 11.3 Å². The number of nitrogens with one attached hydrogen (secondary N) is 4. The number of aliphatic hydroxyl groups excluding tert-OH is 8. The molecular formula is C74H120N12O23S. The summed E-state index contributed by atoms with van der Waals surface area (Å²) in [5.41, 5.74) is 1.36. The fraction of sp³-hybridized carbons (Fsp3) is 0.743. The predicted molar refractivity (Wildman–Crippen MR) is 399 cm³/mol. The molecular weight excluding hydrogens is 1460 g/mol. The Labute approximate surface area is 647 Å². The molecule has 3 aliphatic rings.